The molecule has 1 aromatic carbocycles. The lowest BCUT2D eigenvalue weighted by atomic mass is 10.2. The van der Waals surface area contributed by atoms with Gasteiger partial charge in [0.2, 0.25) is 5.91 Å². The van der Waals surface area contributed by atoms with E-state index in [2.05, 4.69) is 10.2 Å². The fraction of sp³-hybridized carbons (Fsp3) is 0.409. The number of amides is 1. The number of carbonyl (C=O) groups excluding carboxylic acids is 1. The highest BCUT2D eigenvalue weighted by molar-refractivity contribution is 7.99. The molecular formula is C22H28N4O3S. The lowest BCUT2D eigenvalue weighted by Gasteiger charge is -2.30. The molecule has 1 amide bonds. The number of aromatic nitrogens is 3. The SMILES string of the molecule is COc1ccc(-c2nnc(SCC(=O)N(C(C)C)C(C)C)n2Cc2ccco2)cc1. The number of rotatable bonds is 9. The summed E-state index contributed by atoms with van der Waals surface area (Å²) in [4.78, 5) is 14.7. The Morgan fingerprint density at radius 1 is 1.13 bits per heavy atom. The molecule has 0 unspecified atom stereocenters. The van der Waals surface area contributed by atoms with Gasteiger partial charge in [0.05, 0.1) is 25.7 Å². The molecule has 0 aliphatic rings. The molecule has 3 aromatic rings. The molecule has 0 N–H and O–H groups in total. The summed E-state index contributed by atoms with van der Waals surface area (Å²) in [5.74, 6) is 2.68. The Labute approximate surface area is 181 Å². The highest BCUT2D eigenvalue weighted by Crippen LogP contribution is 2.27. The van der Waals surface area contributed by atoms with E-state index in [0.29, 0.717) is 23.3 Å². The molecule has 7 nitrogen and oxygen atoms in total. The van der Waals surface area contributed by atoms with Crippen molar-refractivity contribution in [1.29, 1.82) is 0 Å². The van der Waals surface area contributed by atoms with E-state index in [0.717, 1.165) is 17.1 Å². The molecule has 0 bridgehead atoms. The van der Waals surface area contributed by atoms with Gasteiger partial charge < -0.3 is 14.1 Å². The molecule has 2 heterocycles. The molecule has 0 aliphatic carbocycles. The van der Waals surface area contributed by atoms with E-state index in [1.807, 2.05) is 73.6 Å². The monoisotopic (exact) mass is 428 g/mol. The van der Waals surface area contributed by atoms with E-state index in [1.165, 1.54) is 11.8 Å². The van der Waals surface area contributed by atoms with Crippen molar-refractivity contribution in [1.82, 2.24) is 19.7 Å². The number of hydrogen-bond acceptors (Lipinski definition) is 6. The maximum absolute atomic E-state index is 12.8. The van der Waals surface area contributed by atoms with Gasteiger partial charge in [0, 0.05) is 17.6 Å². The second-order valence-electron chi connectivity index (χ2n) is 7.48. The van der Waals surface area contributed by atoms with E-state index in [4.69, 9.17) is 9.15 Å². The average Bonchev–Trinajstić information content (AvgIpc) is 3.36. The lowest BCUT2D eigenvalue weighted by Crippen LogP contribution is -2.43. The Kier molecular flexibility index (Phi) is 7.20. The Morgan fingerprint density at radius 3 is 2.40 bits per heavy atom. The molecule has 160 valence electrons. The van der Waals surface area contributed by atoms with Crippen LogP contribution in [0.4, 0.5) is 0 Å². The molecule has 0 spiro atoms. The van der Waals surface area contributed by atoms with E-state index in [9.17, 15) is 4.79 Å². The third kappa shape index (κ3) is 5.05. The number of hydrogen-bond donors (Lipinski definition) is 0. The van der Waals surface area contributed by atoms with Gasteiger partial charge in [0.25, 0.3) is 0 Å². The summed E-state index contributed by atoms with van der Waals surface area (Å²) in [6.07, 6.45) is 1.65. The Hall–Kier alpha value is -2.74. The van der Waals surface area contributed by atoms with Crippen molar-refractivity contribution in [3.63, 3.8) is 0 Å². The molecule has 0 saturated carbocycles. The van der Waals surface area contributed by atoms with E-state index >= 15 is 0 Å². The molecule has 0 radical (unpaired) electrons. The predicted octanol–water partition coefficient (Wildman–Crippen LogP) is 4.33. The van der Waals surface area contributed by atoms with Gasteiger partial charge >= 0.3 is 0 Å². The molecular weight excluding hydrogens is 400 g/mol. The van der Waals surface area contributed by atoms with Crippen LogP contribution >= 0.6 is 11.8 Å². The van der Waals surface area contributed by atoms with Crippen LogP contribution in [0.15, 0.2) is 52.2 Å². The fourth-order valence-electron chi connectivity index (χ4n) is 3.42. The number of furan rings is 1. The number of carbonyl (C=O) groups is 1. The molecule has 0 aliphatic heterocycles. The Morgan fingerprint density at radius 2 is 1.83 bits per heavy atom. The third-order valence-electron chi connectivity index (χ3n) is 4.68. The lowest BCUT2D eigenvalue weighted by molar-refractivity contribution is -0.131. The van der Waals surface area contributed by atoms with Crippen molar-refractivity contribution in [2.75, 3.05) is 12.9 Å². The van der Waals surface area contributed by atoms with Crippen LogP contribution in [0.1, 0.15) is 33.5 Å². The number of benzene rings is 1. The van der Waals surface area contributed by atoms with Crippen LogP contribution in [-0.4, -0.2) is 50.5 Å². The van der Waals surface area contributed by atoms with Gasteiger partial charge in [-0.2, -0.15) is 0 Å². The van der Waals surface area contributed by atoms with Gasteiger partial charge in [-0.1, -0.05) is 11.8 Å². The largest absolute Gasteiger partial charge is 0.497 e. The highest BCUT2D eigenvalue weighted by Gasteiger charge is 2.22. The Bertz CT molecular complexity index is 941. The first-order valence-electron chi connectivity index (χ1n) is 9.94. The zero-order valence-electron chi connectivity index (χ0n) is 18.0. The van der Waals surface area contributed by atoms with Gasteiger partial charge in [-0.05, 0) is 64.1 Å². The van der Waals surface area contributed by atoms with E-state index < -0.39 is 0 Å². The average molecular weight is 429 g/mol. The van der Waals surface area contributed by atoms with Crippen LogP contribution in [0.2, 0.25) is 0 Å². The zero-order chi connectivity index (χ0) is 21.7. The van der Waals surface area contributed by atoms with Crippen LogP contribution in [0.25, 0.3) is 11.4 Å². The summed E-state index contributed by atoms with van der Waals surface area (Å²) in [5.41, 5.74) is 0.916. The summed E-state index contributed by atoms with van der Waals surface area (Å²) >= 11 is 1.40. The third-order valence-corrected chi connectivity index (χ3v) is 5.64. The summed E-state index contributed by atoms with van der Waals surface area (Å²) in [7, 11) is 1.64. The van der Waals surface area contributed by atoms with Crippen molar-refractivity contribution < 1.29 is 13.9 Å². The van der Waals surface area contributed by atoms with E-state index in [1.54, 1.807) is 13.4 Å². The quantitative estimate of drug-likeness (QED) is 0.472. The van der Waals surface area contributed by atoms with Crippen molar-refractivity contribution >= 4 is 17.7 Å². The van der Waals surface area contributed by atoms with E-state index in [-0.39, 0.29) is 18.0 Å². The maximum Gasteiger partial charge on any atom is 0.233 e. The smallest absolute Gasteiger partial charge is 0.233 e. The van der Waals surface area contributed by atoms with Gasteiger partial charge in [0.15, 0.2) is 11.0 Å². The van der Waals surface area contributed by atoms with Crippen LogP contribution in [0, 0.1) is 0 Å². The molecule has 30 heavy (non-hydrogen) atoms. The van der Waals surface area contributed by atoms with Crippen LogP contribution in [-0.2, 0) is 11.3 Å². The van der Waals surface area contributed by atoms with Crippen molar-refractivity contribution in [3.8, 4) is 17.1 Å². The minimum Gasteiger partial charge on any atom is -0.497 e. The molecule has 0 saturated heterocycles. The first-order valence-corrected chi connectivity index (χ1v) is 10.9. The van der Waals surface area contributed by atoms with Crippen LogP contribution < -0.4 is 4.74 Å². The minimum absolute atomic E-state index is 0.0866. The summed E-state index contributed by atoms with van der Waals surface area (Å²) in [6, 6.07) is 11.7. The van der Waals surface area contributed by atoms with Gasteiger partial charge in [0.1, 0.15) is 11.5 Å². The number of ether oxygens (including phenoxy) is 1. The number of nitrogens with zero attached hydrogens (tertiary/aromatic N) is 4. The van der Waals surface area contributed by atoms with Gasteiger partial charge in [-0.3, -0.25) is 9.36 Å². The predicted molar refractivity (Wildman–Crippen MR) is 118 cm³/mol. The van der Waals surface area contributed by atoms with Crippen molar-refractivity contribution in [2.24, 2.45) is 0 Å². The van der Waals surface area contributed by atoms with Crippen molar-refractivity contribution in [2.45, 2.75) is 51.5 Å². The number of thioether (sulfide) groups is 1. The van der Waals surface area contributed by atoms with Gasteiger partial charge in [-0.25, -0.2) is 0 Å². The molecule has 8 heteroatoms. The second kappa shape index (κ2) is 9.84. The normalized spacial score (nSPS) is 11.3. The molecule has 3 rings (SSSR count). The van der Waals surface area contributed by atoms with Crippen LogP contribution in [0.5, 0.6) is 5.75 Å². The fourth-order valence-corrected chi connectivity index (χ4v) is 4.23. The zero-order valence-corrected chi connectivity index (χ0v) is 18.8. The molecule has 2 aromatic heterocycles. The minimum atomic E-state index is 0.0866. The summed E-state index contributed by atoms with van der Waals surface area (Å²) in [5, 5.41) is 9.45. The Balaban J connectivity index is 1.86. The van der Waals surface area contributed by atoms with Crippen LogP contribution in [0.3, 0.4) is 0 Å². The first-order chi connectivity index (χ1) is 14.4. The first kappa shape index (κ1) is 22.0. The summed E-state index contributed by atoms with van der Waals surface area (Å²) in [6.45, 7) is 8.61. The molecule has 0 atom stereocenters. The highest BCUT2D eigenvalue weighted by atomic mass is 32.2. The molecule has 0 fully saturated rings. The van der Waals surface area contributed by atoms with Crippen molar-refractivity contribution in [3.05, 3.63) is 48.4 Å². The number of methoxy groups -OCH3 is 1. The second-order valence-corrected chi connectivity index (χ2v) is 8.42. The standard InChI is InChI=1S/C22H28N4O3S/c1-15(2)26(16(3)4)20(27)14-30-22-24-23-21(17-8-10-18(28-5)11-9-17)25(22)13-19-7-6-12-29-19/h6-12,15-16H,13-14H2,1-5H3. The van der Waals surface area contributed by atoms with Gasteiger partial charge in [-0.15, -0.1) is 10.2 Å². The summed E-state index contributed by atoms with van der Waals surface area (Å²) < 4.78 is 12.8. The maximum atomic E-state index is 12.8. The topological polar surface area (TPSA) is 73.4 Å².